The molecule has 0 saturated carbocycles. The van der Waals surface area contributed by atoms with Crippen LogP contribution in [0.25, 0.3) is 0 Å². The molecule has 0 aromatic heterocycles. The summed E-state index contributed by atoms with van der Waals surface area (Å²) in [6.45, 7) is 0. The fourth-order valence-electron chi connectivity index (χ4n) is 2.11. The van der Waals surface area contributed by atoms with Crippen molar-refractivity contribution in [2.45, 2.75) is 0 Å². The van der Waals surface area contributed by atoms with Gasteiger partial charge in [-0.25, -0.2) is 0 Å². The second-order valence-corrected chi connectivity index (χ2v) is 10.7. The van der Waals surface area contributed by atoms with E-state index in [4.69, 9.17) is 32.7 Å². The first-order valence-corrected chi connectivity index (χ1v) is 11.7. The third-order valence-corrected chi connectivity index (χ3v) is 7.89. The summed E-state index contributed by atoms with van der Waals surface area (Å²) in [7, 11) is 0. The quantitative estimate of drug-likeness (QED) is 0.270. The number of carbonyl (C=O) groups is 2. The van der Waals surface area contributed by atoms with Crippen LogP contribution in [0.5, 0.6) is 11.5 Å². The van der Waals surface area contributed by atoms with Crippen molar-refractivity contribution in [3.8, 4) is 11.5 Å². The summed E-state index contributed by atoms with van der Waals surface area (Å²) in [6, 6.07) is 21.7. The molecule has 0 N–H and O–H groups in total. The second-order valence-electron chi connectivity index (χ2n) is 5.17. The zero-order valence-corrected chi connectivity index (χ0v) is 17.4. The molecule has 0 spiro atoms. The summed E-state index contributed by atoms with van der Waals surface area (Å²) < 4.78 is 10.2. The summed E-state index contributed by atoms with van der Waals surface area (Å²) in [5, 5.41) is 0.865. The monoisotopic (exact) mass is 514 g/mol. The topological polar surface area (TPSA) is 52.6 Å². The van der Waals surface area contributed by atoms with Crippen LogP contribution < -0.4 is 9.47 Å². The molecule has 0 aliphatic carbocycles. The van der Waals surface area contributed by atoms with Crippen LogP contribution in [0.15, 0.2) is 78.9 Å². The first-order chi connectivity index (χ1) is 13.0. The molecule has 7 heteroatoms. The molecule has 4 nitrogen and oxygen atoms in total. The summed E-state index contributed by atoms with van der Waals surface area (Å²) >= 11 is 8.68. The molecule has 0 radical (unpaired) electrons. The van der Waals surface area contributed by atoms with Gasteiger partial charge < -0.3 is 0 Å². The Morgan fingerprint density at radius 1 is 0.667 bits per heavy atom. The van der Waals surface area contributed by atoms with Crippen LogP contribution in [0.2, 0.25) is 10.0 Å². The van der Waals surface area contributed by atoms with Gasteiger partial charge in [0.1, 0.15) is 0 Å². The van der Waals surface area contributed by atoms with Gasteiger partial charge in [0, 0.05) is 0 Å². The molecular weight excluding hydrogens is 502 g/mol. The maximum absolute atomic E-state index is 12.8. The Hall–Kier alpha value is -2.09. The van der Waals surface area contributed by atoms with Crippen LogP contribution >= 0.6 is 43.0 Å². The molecular formula is C20H13Cl2IO4. The number of ether oxygens (including phenoxy) is 2. The predicted molar refractivity (Wildman–Crippen MR) is 114 cm³/mol. The zero-order chi connectivity index (χ0) is 19.2. The van der Waals surface area contributed by atoms with Crippen molar-refractivity contribution < 1.29 is 19.1 Å². The molecule has 3 aromatic carbocycles. The van der Waals surface area contributed by atoms with E-state index in [1.165, 1.54) is 12.1 Å². The number of halogens is 3. The van der Waals surface area contributed by atoms with E-state index in [0.29, 0.717) is 13.6 Å². The second kappa shape index (κ2) is 9.21. The van der Waals surface area contributed by atoms with Gasteiger partial charge in [-0.3, -0.25) is 0 Å². The van der Waals surface area contributed by atoms with Crippen molar-refractivity contribution in [2.75, 3.05) is 0 Å². The van der Waals surface area contributed by atoms with E-state index in [1.807, 2.05) is 6.07 Å². The average molecular weight is 515 g/mol. The van der Waals surface area contributed by atoms with E-state index in [2.05, 4.69) is 0 Å². The van der Waals surface area contributed by atoms with Crippen LogP contribution in [-0.4, -0.2) is 7.95 Å². The molecule has 0 atom stereocenters. The van der Waals surface area contributed by atoms with Crippen molar-refractivity contribution in [3.05, 3.63) is 92.5 Å². The van der Waals surface area contributed by atoms with Gasteiger partial charge in [-0.05, 0) is 0 Å². The fourth-order valence-corrected chi connectivity index (χ4v) is 5.93. The van der Waals surface area contributed by atoms with Gasteiger partial charge in [0.15, 0.2) is 0 Å². The Labute approximate surface area is 173 Å². The number of hydrogen-bond donors (Lipinski definition) is 0. The van der Waals surface area contributed by atoms with Gasteiger partial charge in [-0.15, -0.1) is 0 Å². The average Bonchev–Trinajstić information content (AvgIpc) is 2.63. The van der Waals surface area contributed by atoms with E-state index in [1.54, 1.807) is 60.7 Å². The van der Waals surface area contributed by atoms with Gasteiger partial charge in [0.25, 0.3) is 0 Å². The molecule has 3 aromatic rings. The Kier molecular flexibility index (Phi) is 6.71. The Morgan fingerprint density at radius 3 is 1.59 bits per heavy atom. The summed E-state index contributed by atoms with van der Waals surface area (Å²) in [4.78, 5) is 25.6. The van der Waals surface area contributed by atoms with Crippen LogP contribution in [0.3, 0.4) is 0 Å². The van der Waals surface area contributed by atoms with Crippen LogP contribution in [0, 0.1) is 3.57 Å². The molecule has 138 valence electrons. The normalized spacial score (nSPS) is 10.8. The first kappa shape index (κ1) is 19.7. The minimum atomic E-state index is -3.18. The Morgan fingerprint density at radius 2 is 1.15 bits per heavy atom. The van der Waals surface area contributed by atoms with Crippen molar-refractivity contribution >= 4 is 51.0 Å². The van der Waals surface area contributed by atoms with E-state index in [0.717, 1.165) is 0 Å². The SMILES string of the molecule is O=C(Oc1cccc(Cl)c1)I(C(=O)Oc1cccc(Cl)c1)c1ccccc1. The van der Waals surface area contributed by atoms with Crippen molar-refractivity contribution in [3.63, 3.8) is 0 Å². The van der Waals surface area contributed by atoms with E-state index in [9.17, 15) is 9.59 Å². The molecule has 0 heterocycles. The summed E-state index contributed by atoms with van der Waals surface area (Å²) in [5.74, 6) is 0.558. The molecule has 0 unspecified atom stereocenters. The van der Waals surface area contributed by atoms with E-state index in [-0.39, 0.29) is 11.5 Å². The van der Waals surface area contributed by atoms with Crippen LogP contribution in [0.1, 0.15) is 0 Å². The van der Waals surface area contributed by atoms with Gasteiger partial charge in [-0.2, -0.15) is 0 Å². The maximum atomic E-state index is 12.8. The van der Waals surface area contributed by atoms with Gasteiger partial charge in [0.05, 0.1) is 0 Å². The third-order valence-electron chi connectivity index (χ3n) is 3.25. The van der Waals surface area contributed by atoms with E-state index >= 15 is 0 Å². The van der Waals surface area contributed by atoms with Crippen molar-refractivity contribution in [1.82, 2.24) is 0 Å². The Bertz CT molecular complexity index is 903. The van der Waals surface area contributed by atoms with Crippen LogP contribution in [0.4, 0.5) is 9.59 Å². The number of rotatable bonds is 5. The molecule has 0 aliphatic rings. The van der Waals surface area contributed by atoms with Gasteiger partial charge in [-0.1, -0.05) is 0 Å². The van der Waals surface area contributed by atoms with Gasteiger partial charge >= 0.3 is 174 Å². The standard InChI is InChI=1S/C20H13Cl2IO4/c21-14-6-4-10-17(12-14)26-19(24)23(16-8-2-1-3-9-16)20(25)27-18-11-5-7-15(22)13-18/h1-13H. The molecule has 27 heavy (non-hydrogen) atoms. The number of carbonyl (C=O) groups excluding carboxylic acids is 2. The summed E-state index contributed by atoms with van der Waals surface area (Å²) in [5.41, 5.74) is 0. The molecule has 0 aliphatic heterocycles. The summed E-state index contributed by atoms with van der Waals surface area (Å²) in [6.07, 6.45) is 0. The molecule has 0 saturated heterocycles. The molecule has 0 bridgehead atoms. The van der Waals surface area contributed by atoms with Gasteiger partial charge in [0.2, 0.25) is 0 Å². The molecule has 0 amide bonds. The van der Waals surface area contributed by atoms with Crippen molar-refractivity contribution in [2.24, 2.45) is 0 Å². The first-order valence-electron chi connectivity index (χ1n) is 7.72. The van der Waals surface area contributed by atoms with Crippen molar-refractivity contribution in [1.29, 1.82) is 0 Å². The third kappa shape index (κ3) is 5.45. The predicted octanol–water partition coefficient (Wildman–Crippen LogP) is 7.07. The Balaban J connectivity index is 1.86. The number of benzene rings is 3. The fraction of sp³-hybridized carbons (Fsp3) is 0. The van der Waals surface area contributed by atoms with E-state index < -0.39 is 27.8 Å². The minimum absolute atomic E-state index is 0.279. The van der Waals surface area contributed by atoms with Crippen LogP contribution in [-0.2, 0) is 0 Å². The molecule has 0 fully saturated rings. The number of hydrogen-bond acceptors (Lipinski definition) is 4. The zero-order valence-electron chi connectivity index (χ0n) is 13.8. The molecule has 3 rings (SSSR count).